The summed E-state index contributed by atoms with van der Waals surface area (Å²) in [6.45, 7) is 2.07. The van der Waals surface area contributed by atoms with Crippen molar-refractivity contribution in [3.8, 4) is 0 Å². The lowest BCUT2D eigenvalue weighted by Crippen LogP contribution is -3.00. The molecule has 1 aromatic rings. The molecule has 86 valence electrons. The fraction of sp³-hybridized carbons (Fsp3) is 0.500. The Balaban J connectivity index is 0.00000196. The molecule has 1 rings (SSSR count). The van der Waals surface area contributed by atoms with Crippen molar-refractivity contribution < 1.29 is 33.6 Å². The Morgan fingerprint density at radius 2 is 1.53 bits per heavy atom. The third kappa shape index (κ3) is 4.09. The number of quaternary nitrogens is 1. The zero-order chi connectivity index (χ0) is 10.8. The van der Waals surface area contributed by atoms with E-state index in [1.54, 1.807) is 0 Å². The molecule has 0 aliphatic carbocycles. The lowest BCUT2D eigenvalue weighted by atomic mass is 10.0. The van der Waals surface area contributed by atoms with Gasteiger partial charge in [0, 0.05) is 0 Å². The van der Waals surface area contributed by atoms with Crippen molar-refractivity contribution in [3.05, 3.63) is 35.9 Å². The van der Waals surface area contributed by atoms with Gasteiger partial charge in [0.25, 0.3) is 0 Å². The van der Waals surface area contributed by atoms with Crippen molar-refractivity contribution >= 4 is 0 Å². The summed E-state index contributed by atoms with van der Waals surface area (Å²) < 4.78 is 0.760. The summed E-state index contributed by atoms with van der Waals surface area (Å²) in [7, 11) is 6.28. The summed E-state index contributed by atoms with van der Waals surface area (Å²) in [4.78, 5) is 0. The molecule has 15 heavy (non-hydrogen) atoms. The average Bonchev–Trinajstić information content (AvgIpc) is 2.15. The standard InChI is InChI=1S/C12H20NO.HI/c1-10(13(2,3)4)12(14)11-8-6-5-7-9-11;/h5-10,12,14H,1-4H3;1H/q+1;/p-1. The number of aliphatic hydroxyl groups is 1. The first-order valence-corrected chi connectivity index (χ1v) is 4.97. The number of nitrogens with zero attached hydrogens (tertiary/aromatic N) is 1. The van der Waals surface area contributed by atoms with Crippen LogP contribution >= 0.6 is 0 Å². The van der Waals surface area contributed by atoms with Crippen LogP contribution in [0.25, 0.3) is 0 Å². The monoisotopic (exact) mass is 321 g/mol. The molecular formula is C12H20INO. The zero-order valence-electron chi connectivity index (χ0n) is 9.81. The molecule has 0 spiro atoms. The van der Waals surface area contributed by atoms with Gasteiger partial charge in [0.2, 0.25) is 0 Å². The van der Waals surface area contributed by atoms with Gasteiger partial charge in [-0.3, -0.25) is 0 Å². The van der Waals surface area contributed by atoms with E-state index >= 15 is 0 Å². The molecule has 0 fully saturated rings. The van der Waals surface area contributed by atoms with Gasteiger partial charge in [0.15, 0.2) is 0 Å². The summed E-state index contributed by atoms with van der Waals surface area (Å²) in [5.74, 6) is 0. The maximum atomic E-state index is 10.1. The van der Waals surface area contributed by atoms with Crippen LogP contribution in [0.5, 0.6) is 0 Å². The van der Waals surface area contributed by atoms with Gasteiger partial charge < -0.3 is 33.6 Å². The topological polar surface area (TPSA) is 20.2 Å². The molecule has 0 radical (unpaired) electrons. The lowest BCUT2D eigenvalue weighted by Gasteiger charge is -2.34. The highest BCUT2D eigenvalue weighted by molar-refractivity contribution is 5.18. The van der Waals surface area contributed by atoms with Gasteiger partial charge >= 0.3 is 0 Å². The number of hydrogen-bond donors (Lipinski definition) is 1. The van der Waals surface area contributed by atoms with Crippen LogP contribution in [0.15, 0.2) is 30.3 Å². The summed E-state index contributed by atoms with van der Waals surface area (Å²) >= 11 is 0. The molecule has 1 aromatic carbocycles. The number of benzene rings is 1. The molecule has 2 unspecified atom stereocenters. The molecule has 0 aliphatic rings. The highest BCUT2D eigenvalue weighted by Crippen LogP contribution is 2.21. The molecule has 0 aromatic heterocycles. The summed E-state index contributed by atoms with van der Waals surface area (Å²) in [6.07, 6.45) is -0.392. The van der Waals surface area contributed by atoms with Crippen LogP contribution in [-0.4, -0.2) is 36.8 Å². The smallest absolute Gasteiger partial charge is 0.130 e. The zero-order valence-corrected chi connectivity index (χ0v) is 12.0. The van der Waals surface area contributed by atoms with Crippen LogP contribution in [0.1, 0.15) is 18.6 Å². The average molecular weight is 321 g/mol. The van der Waals surface area contributed by atoms with Crippen LogP contribution in [0, 0.1) is 0 Å². The normalized spacial score (nSPS) is 15.3. The van der Waals surface area contributed by atoms with Crippen LogP contribution < -0.4 is 24.0 Å². The van der Waals surface area contributed by atoms with E-state index in [-0.39, 0.29) is 30.0 Å². The van der Waals surface area contributed by atoms with Crippen LogP contribution in [0.4, 0.5) is 0 Å². The molecule has 0 heterocycles. The highest BCUT2D eigenvalue weighted by atomic mass is 127. The van der Waals surface area contributed by atoms with E-state index in [4.69, 9.17) is 0 Å². The van der Waals surface area contributed by atoms with Crippen molar-refractivity contribution in [2.24, 2.45) is 0 Å². The first kappa shape index (κ1) is 14.9. The Labute approximate surface area is 110 Å². The molecule has 0 saturated carbocycles. The van der Waals surface area contributed by atoms with Crippen molar-refractivity contribution in [2.75, 3.05) is 21.1 Å². The minimum absolute atomic E-state index is 0. The van der Waals surface area contributed by atoms with Crippen molar-refractivity contribution in [1.29, 1.82) is 0 Å². The van der Waals surface area contributed by atoms with E-state index in [2.05, 4.69) is 28.1 Å². The lowest BCUT2D eigenvalue weighted by molar-refractivity contribution is -0.898. The minimum atomic E-state index is -0.392. The van der Waals surface area contributed by atoms with E-state index in [1.165, 1.54) is 0 Å². The molecule has 0 saturated heterocycles. The minimum Gasteiger partial charge on any atom is -1.00 e. The van der Waals surface area contributed by atoms with Gasteiger partial charge in [-0.25, -0.2) is 0 Å². The quantitative estimate of drug-likeness (QED) is 0.549. The van der Waals surface area contributed by atoms with Gasteiger partial charge in [-0.2, -0.15) is 0 Å². The molecule has 2 nitrogen and oxygen atoms in total. The predicted octanol–water partition coefficient (Wildman–Crippen LogP) is -1.18. The molecule has 0 amide bonds. The second kappa shape index (κ2) is 5.82. The van der Waals surface area contributed by atoms with Gasteiger partial charge in [-0.15, -0.1) is 0 Å². The van der Waals surface area contributed by atoms with Crippen molar-refractivity contribution in [1.82, 2.24) is 0 Å². The van der Waals surface area contributed by atoms with E-state index in [9.17, 15) is 5.11 Å². The summed E-state index contributed by atoms with van der Waals surface area (Å²) in [5.41, 5.74) is 0.994. The Hall–Kier alpha value is -0.130. The molecule has 2 atom stereocenters. The second-order valence-corrected chi connectivity index (χ2v) is 4.71. The van der Waals surface area contributed by atoms with Crippen molar-refractivity contribution in [2.45, 2.75) is 19.1 Å². The fourth-order valence-corrected chi connectivity index (χ4v) is 1.35. The summed E-state index contributed by atoms with van der Waals surface area (Å²) in [5, 5.41) is 10.1. The molecular weight excluding hydrogens is 301 g/mol. The summed E-state index contributed by atoms with van der Waals surface area (Å²) in [6, 6.07) is 10.0. The predicted molar refractivity (Wildman–Crippen MR) is 58.9 cm³/mol. The van der Waals surface area contributed by atoms with Gasteiger partial charge in [0.1, 0.15) is 12.1 Å². The van der Waals surface area contributed by atoms with E-state index < -0.39 is 6.10 Å². The first-order valence-electron chi connectivity index (χ1n) is 4.97. The Morgan fingerprint density at radius 1 is 1.07 bits per heavy atom. The molecule has 0 aliphatic heterocycles. The maximum absolute atomic E-state index is 10.1. The molecule has 1 N–H and O–H groups in total. The number of likely N-dealkylation sites (N-methyl/N-ethyl adjacent to an activating group) is 1. The van der Waals surface area contributed by atoms with Gasteiger partial charge in [-0.1, -0.05) is 30.3 Å². The van der Waals surface area contributed by atoms with Crippen LogP contribution in [0.3, 0.4) is 0 Å². The molecule has 3 heteroatoms. The van der Waals surface area contributed by atoms with E-state index in [1.807, 2.05) is 30.3 Å². The molecule has 0 bridgehead atoms. The third-order valence-corrected chi connectivity index (χ3v) is 2.82. The van der Waals surface area contributed by atoms with Crippen molar-refractivity contribution in [3.63, 3.8) is 0 Å². The number of aliphatic hydroxyl groups excluding tert-OH is 1. The van der Waals surface area contributed by atoms with E-state index in [0.29, 0.717) is 0 Å². The number of rotatable bonds is 3. The Bertz CT molecular complexity index is 281. The number of hydrogen-bond acceptors (Lipinski definition) is 1. The Kier molecular flexibility index (Phi) is 5.77. The van der Waals surface area contributed by atoms with Gasteiger partial charge in [-0.05, 0) is 12.5 Å². The second-order valence-electron chi connectivity index (χ2n) is 4.71. The van der Waals surface area contributed by atoms with Gasteiger partial charge in [0.05, 0.1) is 21.1 Å². The maximum Gasteiger partial charge on any atom is 0.130 e. The van der Waals surface area contributed by atoms with Crippen LogP contribution in [0.2, 0.25) is 0 Å². The first-order chi connectivity index (χ1) is 6.43. The number of halogens is 1. The Morgan fingerprint density at radius 3 is 1.93 bits per heavy atom. The SMILES string of the molecule is CC(C(O)c1ccccc1)[N+](C)(C)C.[I-]. The van der Waals surface area contributed by atoms with Crippen LogP contribution in [-0.2, 0) is 0 Å². The van der Waals surface area contributed by atoms with E-state index in [0.717, 1.165) is 10.0 Å². The fourth-order valence-electron chi connectivity index (χ4n) is 1.35. The largest absolute Gasteiger partial charge is 1.00 e. The third-order valence-electron chi connectivity index (χ3n) is 2.82. The highest BCUT2D eigenvalue weighted by Gasteiger charge is 2.27.